The van der Waals surface area contributed by atoms with Crippen molar-refractivity contribution < 1.29 is 4.79 Å². The van der Waals surface area contributed by atoms with Gasteiger partial charge < -0.3 is 4.90 Å². The molecular formula is C22H20BrN5O. The second-order valence-corrected chi connectivity index (χ2v) is 7.62. The lowest BCUT2D eigenvalue weighted by atomic mass is 10.1. The Hall–Kier alpha value is -3.19. The molecule has 6 nitrogen and oxygen atoms in total. The average molecular weight is 450 g/mol. The zero-order chi connectivity index (χ0) is 20.4. The van der Waals surface area contributed by atoms with Crippen LogP contribution in [-0.4, -0.2) is 37.4 Å². The lowest BCUT2D eigenvalue weighted by Crippen LogP contribution is -2.27. The summed E-state index contributed by atoms with van der Waals surface area (Å²) in [5.41, 5.74) is 3.95. The highest BCUT2D eigenvalue weighted by Gasteiger charge is 2.23. The number of aromatic nitrogens is 4. The third-order valence-corrected chi connectivity index (χ3v) is 5.42. The van der Waals surface area contributed by atoms with Gasteiger partial charge in [-0.25, -0.2) is 4.68 Å². The summed E-state index contributed by atoms with van der Waals surface area (Å²) in [7, 11) is 3.65. The van der Waals surface area contributed by atoms with Crippen LogP contribution in [0.3, 0.4) is 0 Å². The standard InChI is InChI=1S/C22H20BrN5O/c1-26(15-20-19(23)13-24-27(20)2)22(29)18-14-28(17-11-7-4-8-12-17)25-21(18)16-9-5-3-6-10-16/h3-14H,15H2,1-2H3. The quantitative estimate of drug-likeness (QED) is 0.456. The molecule has 0 unspecified atom stereocenters. The second kappa shape index (κ2) is 8.05. The molecule has 0 bridgehead atoms. The largest absolute Gasteiger partial charge is 0.336 e. The predicted molar refractivity (Wildman–Crippen MR) is 116 cm³/mol. The summed E-state index contributed by atoms with van der Waals surface area (Å²) >= 11 is 3.50. The minimum Gasteiger partial charge on any atom is -0.336 e. The topological polar surface area (TPSA) is 56.0 Å². The van der Waals surface area contributed by atoms with Crippen LogP contribution in [0.25, 0.3) is 16.9 Å². The number of rotatable bonds is 5. The van der Waals surface area contributed by atoms with Gasteiger partial charge in [0.05, 0.1) is 34.2 Å². The summed E-state index contributed by atoms with van der Waals surface area (Å²) < 4.78 is 4.39. The lowest BCUT2D eigenvalue weighted by molar-refractivity contribution is 0.0782. The molecule has 0 radical (unpaired) electrons. The van der Waals surface area contributed by atoms with E-state index >= 15 is 0 Å². The average Bonchev–Trinajstić information content (AvgIpc) is 3.34. The summed E-state index contributed by atoms with van der Waals surface area (Å²) in [5, 5.41) is 8.95. The van der Waals surface area contributed by atoms with Gasteiger partial charge in [-0.15, -0.1) is 0 Å². The van der Waals surface area contributed by atoms with E-state index < -0.39 is 0 Å². The molecule has 2 aromatic heterocycles. The first-order valence-electron chi connectivity index (χ1n) is 9.17. The van der Waals surface area contributed by atoms with Gasteiger partial charge in [0, 0.05) is 25.9 Å². The maximum absolute atomic E-state index is 13.4. The van der Waals surface area contributed by atoms with E-state index in [2.05, 4.69) is 21.0 Å². The Balaban J connectivity index is 1.73. The highest BCUT2D eigenvalue weighted by Crippen LogP contribution is 2.25. The summed E-state index contributed by atoms with van der Waals surface area (Å²) in [4.78, 5) is 15.0. The van der Waals surface area contributed by atoms with Gasteiger partial charge in [0.15, 0.2) is 0 Å². The summed E-state index contributed by atoms with van der Waals surface area (Å²) in [6.45, 7) is 0.431. The van der Waals surface area contributed by atoms with Crippen molar-refractivity contribution in [3.63, 3.8) is 0 Å². The first-order valence-corrected chi connectivity index (χ1v) is 9.96. The van der Waals surface area contributed by atoms with Crippen molar-refractivity contribution in [3.05, 3.63) is 88.8 Å². The normalized spacial score (nSPS) is 10.9. The first-order chi connectivity index (χ1) is 14.0. The van der Waals surface area contributed by atoms with E-state index in [0.29, 0.717) is 17.8 Å². The Labute approximate surface area is 177 Å². The van der Waals surface area contributed by atoms with E-state index in [1.807, 2.05) is 67.7 Å². The molecule has 2 heterocycles. The van der Waals surface area contributed by atoms with Gasteiger partial charge in [0.25, 0.3) is 5.91 Å². The number of carbonyl (C=O) groups excluding carboxylic acids is 1. The fraction of sp³-hybridized carbons (Fsp3) is 0.136. The van der Waals surface area contributed by atoms with Gasteiger partial charge in [-0.2, -0.15) is 10.2 Å². The molecule has 1 amide bonds. The Kier molecular flexibility index (Phi) is 5.31. The Bertz CT molecular complexity index is 1120. The Morgan fingerprint density at radius 1 is 1.07 bits per heavy atom. The van der Waals surface area contributed by atoms with E-state index in [-0.39, 0.29) is 5.91 Å². The molecule has 146 valence electrons. The fourth-order valence-corrected chi connectivity index (χ4v) is 3.64. The number of hydrogen-bond acceptors (Lipinski definition) is 3. The van der Waals surface area contributed by atoms with Crippen molar-refractivity contribution in [3.8, 4) is 16.9 Å². The van der Waals surface area contributed by atoms with E-state index in [4.69, 9.17) is 5.10 Å². The second-order valence-electron chi connectivity index (χ2n) is 6.76. The van der Waals surface area contributed by atoms with Crippen molar-refractivity contribution in [1.82, 2.24) is 24.5 Å². The van der Waals surface area contributed by atoms with Crippen LogP contribution < -0.4 is 0 Å². The van der Waals surface area contributed by atoms with Crippen molar-refractivity contribution in [2.45, 2.75) is 6.54 Å². The molecule has 0 spiro atoms. The van der Waals surface area contributed by atoms with Crippen molar-refractivity contribution >= 4 is 21.8 Å². The van der Waals surface area contributed by atoms with Crippen LogP contribution in [0.15, 0.2) is 77.5 Å². The highest BCUT2D eigenvalue weighted by atomic mass is 79.9. The highest BCUT2D eigenvalue weighted by molar-refractivity contribution is 9.10. The Morgan fingerprint density at radius 3 is 2.34 bits per heavy atom. The number of aryl methyl sites for hydroxylation is 1. The maximum atomic E-state index is 13.4. The number of nitrogens with zero attached hydrogens (tertiary/aromatic N) is 5. The molecule has 0 saturated carbocycles. The molecule has 7 heteroatoms. The number of benzene rings is 2. The third-order valence-electron chi connectivity index (χ3n) is 4.76. The minimum absolute atomic E-state index is 0.0980. The number of amides is 1. The van der Waals surface area contributed by atoms with Gasteiger partial charge >= 0.3 is 0 Å². The first kappa shape index (κ1) is 19.1. The predicted octanol–water partition coefficient (Wildman–Crippen LogP) is 4.31. The summed E-state index contributed by atoms with van der Waals surface area (Å²) in [6.07, 6.45) is 3.53. The zero-order valence-corrected chi connectivity index (χ0v) is 17.7. The lowest BCUT2D eigenvalue weighted by Gasteiger charge is -2.17. The molecular weight excluding hydrogens is 430 g/mol. The van der Waals surface area contributed by atoms with Gasteiger partial charge in [-0.05, 0) is 28.1 Å². The minimum atomic E-state index is -0.0980. The fourth-order valence-electron chi connectivity index (χ4n) is 3.17. The number of hydrogen-bond donors (Lipinski definition) is 0. The molecule has 0 saturated heterocycles. The Morgan fingerprint density at radius 2 is 1.72 bits per heavy atom. The zero-order valence-electron chi connectivity index (χ0n) is 16.2. The van der Waals surface area contributed by atoms with Crippen LogP contribution in [0, 0.1) is 0 Å². The monoisotopic (exact) mass is 449 g/mol. The van der Waals surface area contributed by atoms with Crippen LogP contribution in [-0.2, 0) is 13.6 Å². The number of carbonyl (C=O) groups is 1. The van der Waals surface area contributed by atoms with E-state index in [1.165, 1.54) is 0 Å². The summed E-state index contributed by atoms with van der Waals surface area (Å²) in [6, 6.07) is 19.6. The van der Waals surface area contributed by atoms with Gasteiger partial charge in [-0.1, -0.05) is 48.5 Å². The molecule has 4 rings (SSSR count). The van der Waals surface area contributed by atoms with Crippen LogP contribution in [0.5, 0.6) is 0 Å². The van der Waals surface area contributed by atoms with Crippen molar-refractivity contribution in [2.75, 3.05) is 7.05 Å². The maximum Gasteiger partial charge on any atom is 0.257 e. The van der Waals surface area contributed by atoms with Gasteiger partial charge in [-0.3, -0.25) is 9.48 Å². The van der Waals surface area contributed by atoms with Crippen molar-refractivity contribution in [2.24, 2.45) is 7.05 Å². The SMILES string of the molecule is CN(Cc1c(Br)cnn1C)C(=O)c1cn(-c2ccccc2)nc1-c1ccccc1. The third kappa shape index (κ3) is 3.86. The molecule has 29 heavy (non-hydrogen) atoms. The number of halogens is 1. The van der Waals surface area contributed by atoms with E-state index in [9.17, 15) is 4.79 Å². The molecule has 0 fully saturated rings. The molecule has 0 atom stereocenters. The molecule has 0 N–H and O–H groups in total. The van der Waals surface area contributed by atoms with Crippen LogP contribution >= 0.6 is 15.9 Å². The van der Waals surface area contributed by atoms with E-state index in [0.717, 1.165) is 21.4 Å². The van der Waals surface area contributed by atoms with E-state index in [1.54, 1.807) is 33.7 Å². The molecule has 0 aliphatic carbocycles. The van der Waals surface area contributed by atoms with Crippen LogP contribution in [0.4, 0.5) is 0 Å². The molecule has 2 aromatic carbocycles. The van der Waals surface area contributed by atoms with Gasteiger partial charge in [0.2, 0.25) is 0 Å². The molecule has 4 aromatic rings. The molecule has 0 aliphatic rings. The smallest absolute Gasteiger partial charge is 0.257 e. The van der Waals surface area contributed by atoms with Crippen molar-refractivity contribution in [1.29, 1.82) is 0 Å². The van der Waals surface area contributed by atoms with Crippen LogP contribution in [0.1, 0.15) is 16.1 Å². The summed E-state index contributed by atoms with van der Waals surface area (Å²) in [5.74, 6) is -0.0980. The van der Waals surface area contributed by atoms with Gasteiger partial charge in [0.1, 0.15) is 5.69 Å². The van der Waals surface area contributed by atoms with Crippen LogP contribution in [0.2, 0.25) is 0 Å². The number of para-hydroxylation sites is 1. The molecule has 0 aliphatic heterocycles.